The van der Waals surface area contributed by atoms with Gasteiger partial charge in [0.25, 0.3) is 0 Å². The second kappa shape index (κ2) is 8.05. The Morgan fingerprint density at radius 2 is 2.05 bits per heavy atom. The van der Waals surface area contributed by atoms with Gasteiger partial charge < -0.3 is 15.6 Å². The zero-order chi connectivity index (χ0) is 14.5. The quantitative estimate of drug-likeness (QED) is 0.857. The van der Waals surface area contributed by atoms with Gasteiger partial charge in [-0.1, -0.05) is 26.3 Å². The van der Waals surface area contributed by atoms with E-state index in [0.29, 0.717) is 6.42 Å². The third kappa shape index (κ3) is 4.22. The van der Waals surface area contributed by atoms with E-state index in [4.69, 9.17) is 5.73 Å². The average Bonchev–Trinajstić information content (AvgIpc) is 2.82. The van der Waals surface area contributed by atoms with E-state index in [2.05, 4.69) is 29.1 Å². The van der Waals surface area contributed by atoms with E-state index in [1.165, 1.54) is 5.39 Å². The topological polar surface area (TPSA) is 60.1 Å². The molecule has 1 heterocycles. The van der Waals surface area contributed by atoms with E-state index in [-0.39, 0.29) is 18.3 Å². The third-order valence-corrected chi connectivity index (χ3v) is 3.44. The van der Waals surface area contributed by atoms with Crippen molar-refractivity contribution in [2.24, 2.45) is 5.73 Å². The maximum absolute atomic E-state index is 11.9. The number of nitrogens with one attached hydrogen (secondary N) is 1. The molecule has 1 unspecified atom stereocenters. The average molecular weight is 310 g/mol. The number of carbonyl (C=O) groups is 1. The second-order valence-corrected chi connectivity index (χ2v) is 5.17. The van der Waals surface area contributed by atoms with Gasteiger partial charge in [-0.3, -0.25) is 4.79 Å². The Kier molecular flexibility index (Phi) is 6.72. The van der Waals surface area contributed by atoms with Crippen LogP contribution in [0.15, 0.2) is 30.5 Å². The molecule has 0 fully saturated rings. The molecular weight excluding hydrogens is 286 g/mol. The molecule has 1 amide bonds. The molecule has 3 N–H and O–H groups in total. The Labute approximate surface area is 132 Å². The molecule has 0 aliphatic carbocycles. The molecule has 0 bridgehead atoms. The Morgan fingerprint density at radius 1 is 1.29 bits per heavy atom. The predicted molar refractivity (Wildman–Crippen MR) is 91.0 cm³/mol. The molecule has 0 radical (unpaired) electrons. The van der Waals surface area contributed by atoms with Crippen LogP contribution in [-0.4, -0.2) is 16.5 Å². The van der Waals surface area contributed by atoms with Gasteiger partial charge >= 0.3 is 0 Å². The van der Waals surface area contributed by atoms with Crippen molar-refractivity contribution < 1.29 is 4.79 Å². The Hall–Kier alpha value is -1.52. The maximum atomic E-state index is 11.9. The van der Waals surface area contributed by atoms with Gasteiger partial charge in [-0.15, -0.1) is 12.4 Å². The van der Waals surface area contributed by atoms with E-state index in [1.54, 1.807) is 0 Å². The van der Waals surface area contributed by atoms with Crippen molar-refractivity contribution in [3.05, 3.63) is 30.5 Å². The van der Waals surface area contributed by atoms with Gasteiger partial charge in [-0.2, -0.15) is 0 Å². The molecule has 0 saturated heterocycles. The SMILES string of the molecule is CCCC(N)C(=O)Nc1ccc2ccn(CCC)c2c1.Cl. The minimum absolute atomic E-state index is 0. The fourth-order valence-electron chi connectivity index (χ4n) is 2.37. The van der Waals surface area contributed by atoms with Crippen LogP contribution in [0.4, 0.5) is 5.69 Å². The molecule has 2 rings (SSSR count). The number of fused-ring (bicyclic) bond motifs is 1. The number of hydrogen-bond donors (Lipinski definition) is 2. The largest absolute Gasteiger partial charge is 0.347 e. The summed E-state index contributed by atoms with van der Waals surface area (Å²) in [6, 6.07) is 7.64. The Bertz CT molecular complexity index is 594. The van der Waals surface area contributed by atoms with E-state index in [1.807, 2.05) is 25.1 Å². The molecule has 4 nitrogen and oxygen atoms in total. The highest BCUT2D eigenvalue weighted by atomic mass is 35.5. The number of halogens is 1. The number of nitrogens with zero attached hydrogens (tertiary/aromatic N) is 1. The van der Waals surface area contributed by atoms with Crippen molar-refractivity contribution in [1.29, 1.82) is 0 Å². The molecular formula is C16H24ClN3O. The normalized spacial score (nSPS) is 12.0. The number of benzene rings is 1. The van der Waals surface area contributed by atoms with Gasteiger partial charge in [0.15, 0.2) is 0 Å². The lowest BCUT2D eigenvalue weighted by Crippen LogP contribution is -2.35. The van der Waals surface area contributed by atoms with Gasteiger partial charge in [0.05, 0.1) is 11.6 Å². The monoisotopic (exact) mass is 309 g/mol. The van der Waals surface area contributed by atoms with E-state index in [0.717, 1.165) is 30.6 Å². The van der Waals surface area contributed by atoms with Crippen molar-refractivity contribution in [2.75, 3.05) is 5.32 Å². The summed E-state index contributed by atoms with van der Waals surface area (Å²) in [7, 11) is 0. The number of anilines is 1. The summed E-state index contributed by atoms with van der Waals surface area (Å²) >= 11 is 0. The van der Waals surface area contributed by atoms with Gasteiger partial charge in [0.1, 0.15) is 0 Å². The van der Waals surface area contributed by atoms with Crippen molar-refractivity contribution in [3.63, 3.8) is 0 Å². The smallest absolute Gasteiger partial charge is 0.241 e. The van der Waals surface area contributed by atoms with Gasteiger partial charge in [-0.25, -0.2) is 0 Å². The van der Waals surface area contributed by atoms with Crippen LogP contribution in [0.3, 0.4) is 0 Å². The molecule has 1 aromatic heterocycles. The van der Waals surface area contributed by atoms with Gasteiger partial charge in [-0.05, 0) is 36.4 Å². The summed E-state index contributed by atoms with van der Waals surface area (Å²) in [6.45, 7) is 5.16. The number of amides is 1. The first-order valence-corrected chi connectivity index (χ1v) is 7.31. The summed E-state index contributed by atoms with van der Waals surface area (Å²) in [4.78, 5) is 11.9. The first-order valence-electron chi connectivity index (χ1n) is 7.31. The molecule has 1 aromatic carbocycles. The van der Waals surface area contributed by atoms with Crippen LogP contribution >= 0.6 is 12.4 Å². The first kappa shape index (κ1) is 17.5. The van der Waals surface area contributed by atoms with Crippen LogP contribution in [0.2, 0.25) is 0 Å². The van der Waals surface area contributed by atoms with Crippen molar-refractivity contribution in [3.8, 4) is 0 Å². The highest BCUT2D eigenvalue weighted by molar-refractivity contribution is 5.96. The highest BCUT2D eigenvalue weighted by Crippen LogP contribution is 2.21. The van der Waals surface area contributed by atoms with Crippen LogP contribution in [0, 0.1) is 0 Å². The number of rotatable bonds is 6. The fraction of sp³-hybridized carbons (Fsp3) is 0.438. The lowest BCUT2D eigenvalue weighted by Gasteiger charge is -2.12. The molecule has 2 aromatic rings. The summed E-state index contributed by atoms with van der Waals surface area (Å²) in [5.74, 6) is -0.111. The summed E-state index contributed by atoms with van der Waals surface area (Å²) < 4.78 is 2.21. The number of aryl methyl sites for hydroxylation is 1. The summed E-state index contributed by atoms with van der Waals surface area (Å²) in [5, 5.41) is 4.09. The maximum Gasteiger partial charge on any atom is 0.241 e. The molecule has 0 spiro atoms. The minimum atomic E-state index is -0.432. The van der Waals surface area contributed by atoms with Gasteiger partial charge in [0.2, 0.25) is 5.91 Å². The zero-order valence-corrected chi connectivity index (χ0v) is 13.5. The summed E-state index contributed by atoms with van der Waals surface area (Å²) in [6.07, 6.45) is 4.79. The second-order valence-electron chi connectivity index (χ2n) is 5.17. The minimum Gasteiger partial charge on any atom is -0.347 e. The van der Waals surface area contributed by atoms with Crippen molar-refractivity contribution in [2.45, 2.75) is 45.7 Å². The highest BCUT2D eigenvalue weighted by Gasteiger charge is 2.12. The zero-order valence-electron chi connectivity index (χ0n) is 12.6. The predicted octanol–water partition coefficient (Wildman–Crippen LogP) is 3.54. The van der Waals surface area contributed by atoms with E-state index in [9.17, 15) is 4.79 Å². The Morgan fingerprint density at radius 3 is 2.71 bits per heavy atom. The molecule has 21 heavy (non-hydrogen) atoms. The number of nitrogens with two attached hydrogens (primary N) is 1. The van der Waals surface area contributed by atoms with Gasteiger partial charge in [0, 0.05) is 18.4 Å². The van der Waals surface area contributed by atoms with E-state index < -0.39 is 6.04 Å². The summed E-state index contributed by atoms with van der Waals surface area (Å²) in [5.41, 5.74) is 7.79. The van der Waals surface area contributed by atoms with Crippen LogP contribution in [0.25, 0.3) is 10.9 Å². The molecule has 0 saturated carbocycles. The lowest BCUT2D eigenvalue weighted by molar-refractivity contribution is -0.117. The number of carbonyl (C=O) groups excluding carboxylic acids is 1. The van der Waals surface area contributed by atoms with Crippen molar-refractivity contribution in [1.82, 2.24) is 4.57 Å². The molecule has 0 aliphatic heterocycles. The van der Waals surface area contributed by atoms with Crippen LogP contribution < -0.4 is 11.1 Å². The first-order chi connectivity index (χ1) is 9.65. The van der Waals surface area contributed by atoms with Crippen molar-refractivity contribution >= 4 is 34.9 Å². The number of aromatic nitrogens is 1. The molecule has 116 valence electrons. The molecule has 5 heteroatoms. The Balaban J connectivity index is 0.00000220. The molecule has 1 atom stereocenters. The van der Waals surface area contributed by atoms with Crippen LogP contribution in [0.1, 0.15) is 33.1 Å². The fourth-order valence-corrected chi connectivity index (χ4v) is 2.37. The molecule has 0 aliphatic rings. The lowest BCUT2D eigenvalue weighted by atomic mass is 10.1. The standard InChI is InChI=1S/C16H23N3O.ClH/c1-3-5-14(17)16(20)18-13-7-6-12-8-10-19(9-4-2)15(12)11-13;/h6-8,10-11,14H,3-5,9,17H2,1-2H3,(H,18,20);1H. The van der Waals surface area contributed by atoms with Crippen LogP contribution in [0.5, 0.6) is 0 Å². The van der Waals surface area contributed by atoms with E-state index >= 15 is 0 Å². The van der Waals surface area contributed by atoms with Crippen LogP contribution in [-0.2, 0) is 11.3 Å². The third-order valence-electron chi connectivity index (χ3n) is 3.44. The number of hydrogen-bond acceptors (Lipinski definition) is 2.